The molecule has 1 saturated heterocycles. The van der Waals surface area contributed by atoms with Crippen molar-refractivity contribution in [2.24, 2.45) is 5.73 Å². The summed E-state index contributed by atoms with van der Waals surface area (Å²) in [6.45, 7) is 3.12. The highest BCUT2D eigenvalue weighted by atomic mass is 79.9. The van der Waals surface area contributed by atoms with Gasteiger partial charge in [-0.3, -0.25) is 4.90 Å². The molecule has 4 heteroatoms. The summed E-state index contributed by atoms with van der Waals surface area (Å²) < 4.78 is 1.22. The number of nitrogens with two attached hydrogens (primary N) is 1. The highest BCUT2D eigenvalue weighted by Gasteiger charge is 2.22. The van der Waals surface area contributed by atoms with Crippen LogP contribution in [-0.4, -0.2) is 24.5 Å². The quantitative estimate of drug-likeness (QED) is 0.919. The van der Waals surface area contributed by atoms with Crippen molar-refractivity contribution in [2.45, 2.75) is 38.1 Å². The van der Waals surface area contributed by atoms with Gasteiger partial charge in [0, 0.05) is 15.9 Å². The minimum absolute atomic E-state index is 0.405. The Morgan fingerprint density at radius 2 is 1.88 bits per heavy atom. The van der Waals surface area contributed by atoms with Gasteiger partial charge >= 0.3 is 0 Å². The molecule has 1 aliphatic rings. The van der Waals surface area contributed by atoms with Gasteiger partial charge in [-0.2, -0.15) is 0 Å². The van der Waals surface area contributed by atoms with Crippen LogP contribution in [-0.2, 0) is 0 Å². The van der Waals surface area contributed by atoms with Gasteiger partial charge in [-0.05, 0) is 53.3 Å². The topological polar surface area (TPSA) is 29.3 Å². The molecule has 0 radical (unpaired) electrons. The summed E-state index contributed by atoms with van der Waals surface area (Å²) in [6.07, 6.45) is 6.79. The summed E-state index contributed by atoms with van der Waals surface area (Å²) in [5, 5.41) is 2.14. The maximum absolute atomic E-state index is 6.00. The first kappa shape index (κ1) is 13.5. The van der Waals surface area contributed by atoms with E-state index in [1.807, 2.05) is 11.3 Å². The van der Waals surface area contributed by atoms with Gasteiger partial charge in [-0.15, -0.1) is 11.3 Å². The first-order chi connectivity index (χ1) is 8.33. The molecule has 17 heavy (non-hydrogen) atoms. The SMILES string of the molecule is NCC(c1sccc1Br)N1CCCCCCC1. The van der Waals surface area contributed by atoms with E-state index in [-0.39, 0.29) is 0 Å². The molecule has 1 unspecified atom stereocenters. The summed E-state index contributed by atoms with van der Waals surface area (Å²) in [4.78, 5) is 3.98. The number of likely N-dealkylation sites (tertiary alicyclic amines) is 1. The molecule has 2 heterocycles. The van der Waals surface area contributed by atoms with Gasteiger partial charge in [-0.1, -0.05) is 19.3 Å². The second-order valence-electron chi connectivity index (χ2n) is 4.69. The van der Waals surface area contributed by atoms with Crippen LogP contribution in [0.15, 0.2) is 15.9 Å². The lowest BCUT2D eigenvalue weighted by Crippen LogP contribution is -2.35. The van der Waals surface area contributed by atoms with Crippen molar-refractivity contribution in [3.63, 3.8) is 0 Å². The second-order valence-corrected chi connectivity index (χ2v) is 6.49. The minimum atomic E-state index is 0.405. The van der Waals surface area contributed by atoms with E-state index in [1.54, 1.807) is 0 Å². The Kier molecular flexibility index (Phi) is 5.48. The van der Waals surface area contributed by atoms with Crippen molar-refractivity contribution in [2.75, 3.05) is 19.6 Å². The Morgan fingerprint density at radius 3 is 2.41 bits per heavy atom. The monoisotopic (exact) mass is 316 g/mol. The first-order valence-corrected chi connectivity index (χ1v) is 8.17. The number of rotatable bonds is 3. The number of thiophene rings is 1. The van der Waals surface area contributed by atoms with Crippen LogP contribution in [0, 0.1) is 0 Å². The van der Waals surface area contributed by atoms with Crippen molar-refractivity contribution < 1.29 is 0 Å². The molecular formula is C13H21BrN2S. The van der Waals surface area contributed by atoms with E-state index < -0.39 is 0 Å². The average Bonchev–Trinajstić information content (AvgIpc) is 2.69. The summed E-state index contributed by atoms with van der Waals surface area (Å²) >= 11 is 5.46. The lowest BCUT2D eigenvalue weighted by atomic mass is 10.1. The highest BCUT2D eigenvalue weighted by Crippen LogP contribution is 2.33. The Labute approximate surface area is 116 Å². The van der Waals surface area contributed by atoms with Gasteiger partial charge in [-0.25, -0.2) is 0 Å². The van der Waals surface area contributed by atoms with E-state index in [0.717, 1.165) is 6.54 Å². The van der Waals surface area contributed by atoms with Gasteiger partial charge in [0.2, 0.25) is 0 Å². The minimum Gasteiger partial charge on any atom is -0.329 e. The van der Waals surface area contributed by atoms with Crippen LogP contribution in [0.5, 0.6) is 0 Å². The second kappa shape index (κ2) is 6.88. The maximum atomic E-state index is 6.00. The standard InChI is InChI=1S/C13H21BrN2S/c14-11-6-9-17-13(11)12(10-15)16-7-4-2-1-3-5-8-16/h6,9,12H,1-5,7-8,10,15H2. The normalized spacial score (nSPS) is 20.8. The van der Waals surface area contributed by atoms with Crippen LogP contribution in [0.3, 0.4) is 0 Å². The van der Waals surface area contributed by atoms with E-state index in [0.29, 0.717) is 6.04 Å². The third-order valence-corrected chi connectivity index (χ3v) is 5.47. The lowest BCUT2D eigenvalue weighted by molar-refractivity contribution is 0.185. The van der Waals surface area contributed by atoms with E-state index in [4.69, 9.17) is 5.73 Å². The fourth-order valence-electron chi connectivity index (χ4n) is 2.55. The van der Waals surface area contributed by atoms with Gasteiger partial charge < -0.3 is 5.73 Å². The Bertz CT molecular complexity index is 332. The number of halogens is 1. The molecule has 1 aromatic heterocycles. The van der Waals surface area contributed by atoms with Gasteiger partial charge in [0.15, 0.2) is 0 Å². The zero-order valence-corrected chi connectivity index (χ0v) is 12.6. The Hall–Kier alpha value is 0.1000. The zero-order valence-electron chi connectivity index (χ0n) is 10.2. The third kappa shape index (κ3) is 3.53. The molecule has 2 rings (SSSR count). The van der Waals surface area contributed by atoms with Gasteiger partial charge in [0.1, 0.15) is 0 Å². The van der Waals surface area contributed by atoms with Crippen LogP contribution < -0.4 is 5.73 Å². The predicted molar refractivity (Wildman–Crippen MR) is 78.5 cm³/mol. The molecule has 0 saturated carbocycles. The molecule has 2 nitrogen and oxygen atoms in total. The molecule has 1 aliphatic heterocycles. The van der Waals surface area contributed by atoms with Crippen molar-refractivity contribution in [3.8, 4) is 0 Å². The highest BCUT2D eigenvalue weighted by molar-refractivity contribution is 9.10. The number of hydrogen-bond acceptors (Lipinski definition) is 3. The number of hydrogen-bond donors (Lipinski definition) is 1. The van der Waals surface area contributed by atoms with Crippen molar-refractivity contribution in [1.29, 1.82) is 0 Å². The van der Waals surface area contributed by atoms with E-state index in [9.17, 15) is 0 Å². The smallest absolute Gasteiger partial charge is 0.0575 e. The van der Waals surface area contributed by atoms with Gasteiger partial charge in [0.25, 0.3) is 0 Å². The van der Waals surface area contributed by atoms with Crippen molar-refractivity contribution in [1.82, 2.24) is 4.90 Å². The largest absolute Gasteiger partial charge is 0.329 e. The zero-order chi connectivity index (χ0) is 12.1. The fraction of sp³-hybridized carbons (Fsp3) is 0.692. The summed E-state index contributed by atoms with van der Waals surface area (Å²) in [5.74, 6) is 0. The lowest BCUT2D eigenvalue weighted by Gasteiger charge is -2.32. The van der Waals surface area contributed by atoms with Crippen LogP contribution in [0.4, 0.5) is 0 Å². The molecule has 0 amide bonds. The molecule has 96 valence electrons. The van der Waals surface area contributed by atoms with Crippen LogP contribution >= 0.6 is 27.3 Å². The third-order valence-electron chi connectivity index (χ3n) is 3.50. The summed E-state index contributed by atoms with van der Waals surface area (Å²) in [5.41, 5.74) is 6.00. The molecule has 0 bridgehead atoms. The summed E-state index contributed by atoms with van der Waals surface area (Å²) in [6, 6.07) is 2.54. The maximum Gasteiger partial charge on any atom is 0.0575 e. The number of nitrogens with zero attached hydrogens (tertiary/aromatic N) is 1. The summed E-state index contributed by atoms with van der Waals surface area (Å²) in [7, 11) is 0. The van der Waals surface area contributed by atoms with Crippen LogP contribution in [0.2, 0.25) is 0 Å². The Morgan fingerprint density at radius 1 is 1.24 bits per heavy atom. The molecule has 1 fully saturated rings. The Balaban J connectivity index is 2.08. The van der Waals surface area contributed by atoms with Crippen molar-refractivity contribution >= 4 is 27.3 Å². The van der Waals surface area contributed by atoms with Crippen LogP contribution in [0.1, 0.15) is 43.0 Å². The fourth-order valence-corrected chi connectivity index (χ4v) is 4.33. The first-order valence-electron chi connectivity index (χ1n) is 6.50. The van der Waals surface area contributed by atoms with Crippen LogP contribution in [0.25, 0.3) is 0 Å². The van der Waals surface area contributed by atoms with Gasteiger partial charge in [0.05, 0.1) is 6.04 Å². The molecule has 2 N–H and O–H groups in total. The predicted octanol–water partition coefficient (Wildman–Crippen LogP) is 3.78. The van der Waals surface area contributed by atoms with E-state index >= 15 is 0 Å². The molecule has 1 aromatic rings. The van der Waals surface area contributed by atoms with E-state index in [2.05, 4.69) is 32.3 Å². The molecule has 0 spiro atoms. The van der Waals surface area contributed by atoms with E-state index in [1.165, 1.54) is 54.5 Å². The molecule has 1 atom stereocenters. The van der Waals surface area contributed by atoms with Crippen molar-refractivity contribution in [3.05, 3.63) is 20.8 Å². The molecule has 0 aromatic carbocycles. The molecular weight excluding hydrogens is 296 g/mol. The molecule has 0 aliphatic carbocycles. The average molecular weight is 317 g/mol.